The molecule has 2 heterocycles. The Kier molecular flexibility index (Phi) is 2.60. The lowest BCUT2D eigenvalue weighted by atomic mass is 9.91. The molecule has 2 aliphatic heterocycles. The van der Waals surface area contributed by atoms with E-state index in [0.717, 1.165) is 31.2 Å². The van der Waals surface area contributed by atoms with Crippen molar-refractivity contribution in [2.75, 3.05) is 13.2 Å². The highest BCUT2D eigenvalue weighted by Crippen LogP contribution is 2.32. The van der Waals surface area contributed by atoms with E-state index in [2.05, 4.69) is 30.4 Å². The monoisotopic (exact) mass is 217 g/mol. The summed E-state index contributed by atoms with van der Waals surface area (Å²) in [6.07, 6.45) is 3.65. The number of ether oxygens (including phenoxy) is 1. The molecule has 0 saturated carbocycles. The Morgan fingerprint density at radius 2 is 2.25 bits per heavy atom. The van der Waals surface area contributed by atoms with Crippen LogP contribution in [-0.2, 0) is 6.42 Å². The Bertz CT molecular complexity index is 380. The first kappa shape index (κ1) is 10.2. The number of benzene rings is 1. The number of rotatable bonds is 1. The van der Waals surface area contributed by atoms with Gasteiger partial charge in [0, 0.05) is 12.5 Å². The van der Waals surface area contributed by atoms with E-state index >= 15 is 0 Å². The third kappa shape index (κ3) is 1.82. The Morgan fingerprint density at radius 3 is 3.06 bits per heavy atom. The molecule has 0 aromatic heterocycles. The van der Waals surface area contributed by atoms with E-state index in [-0.39, 0.29) is 0 Å². The van der Waals surface area contributed by atoms with Gasteiger partial charge in [-0.1, -0.05) is 19.1 Å². The summed E-state index contributed by atoms with van der Waals surface area (Å²) >= 11 is 0. The predicted octanol–water partition coefficient (Wildman–Crippen LogP) is 2.68. The first-order valence-corrected chi connectivity index (χ1v) is 6.32. The first-order valence-electron chi connectivity index (χ1n) is 6.32. The van der Waals surface area contributed by atoms with Gasteiger partial charge in [0.2, 0.25) is 0 Å². The van der Waals surface area contributed by atoms with Gasteiger partial charge in [-0.15, -0.1) is 0 Å². The quantitative estimate of drug-likeness (QED) is 0.781. The van der Waals surface area contributed by atoms with Gasteiger partial charge in [0.05, 0.1) is 6.61 Å². The molecule has 0 spiro atoms. The maximum atomic E-state index is 5.62. The Morgan fingerprint density at radius 1 is 1.31 bits per heavy atom. The zero-order valence-electron chi connectivity index (χ0n) is 9.83. The zero-order chi connectivity index (χ0) is 11.0. The topological polar surface area (TPSA) is 21.3 Å². The molecule has 1 aromatic carbocycles. The van der Waals surface area contributed by atoms with Crippen LogP contribution in [0.5, 0.6) is 5.75 Å². The zero-order valence-corrected chi connectivity index (χ0v) is 9.83. The maximum Gasteiger partial charge on any atom is 0.122 e. The number of nitrogens with one attached hydrogen (secondary N) is 1. The van der Waals surface area contributed by atoms with Crippen molar-refractivity contribution in [3.8, 4) is 5.75 Å². The summed E-state index contributed by atoms with van der Waals surface area (Å²) in [6, 6.07) is 7.26. The molecule has 0 unspecified atom stereocenters. The van der Waals surface area contributed by atoms with Gasteiger partial charge in [-0.25, -0.2) is 0 Å². The molecule has 86 valence electrons. The van der Waals surface area contributed by atoms with Gasteiger partial charge in [-0.2, -0.15) is 0 Å². The van der Waals surface area contributed by atoms with Crippen LogP contribution in [0.3, 0.4) is 0 Å². The van der Waals surface area contributed by atoms with Crippen LogP contribution in [0, 0.1) is 5.92 Å². The summed E-state index contributed by atoms with van der Waals surface area (Å²) in [7, 11) is 0. The highest BCUT2D eigenvalue weighted by atomic mass is 16.5. The van der Waals surface area contributed by atoms with Crippen LogP contribution in [0.15, 0.2) is 18.2 Å². The van der Waals surface area contributed by atoms with E-state index in [4.69, 9.17) is 4.74 Å². The van der Waals surface area contributed by atoms with Crippen LogP contribution in [0.1, 0.15) is 36.9 Å². The smallest absolute Gasteiger partial charge is 0.122 e. The number of hydrogen-bond acceptors (Lipinski definition) is 2. The summed E-state index contributed by atoms with van der Waals surface area (Å²) in [5.74, 6) is 1.93. The van der Waals surface area contributed by atoms with E-state index in [1.54, 1.807) is 0 Å². The van der Waals surface area contributed by atoms with Gasteiger partial charge >= 0.3 is 0 Å². The van der Waals surface area contributed by atoms with Crippen LogP contribution < -0.4 is 10.1 Å². The molecule has 0 aliphatic carbocycles. The van der Waals surface area contributed by atoms with E-state index in [1.165, 1.54) is 24.0 Å². The molecule has 2 heteroatoms. The summed E-state index contributed by atoms with van der Waals surface area (Å²) in [4.78, 5) is 0. The third-order valence-electron chi connectivity index (χ3n) is 3.78. The van der Waals surface area contributed by atoms with E-state index in [1.807, 2.05) is 0 Å². The van der Waals surface area contributed by atoms with Crippen molar-refractivity contribution in [1.82, 2.24) is 5.32 Å². The fourth-order valence-corrected chi connectivity index (χ4v) is 2.68. The van der Waals surface area contributed by atoms with Crippen LogP contribution in [0.2, 0.25) is 0 Å². The minimum atomic E-state index is 0.533. The van der Waals surface area contributed by atoms with Gasteiger partial charge in [0.1, 0.15) is 5.75 Å². The summed E-state index contributed by atoms with van der Waals surface area (Å²) in [6.45, 7) is 4.31. The SMILES string of the molecule is C[C@H]1CC[C@H](c2ccc3c(c2)OCC3)NC1. The molecule has 2 nitrogen and oxygen atoms in total. The average Bonchev–Trinajstić information content (AvgIpc) is 2.77. The maximum absolute atomic E-state index is 5.62. The highest BCUT2D eigenvalue weighted by Gasteiger charge is 2.21. The molecule has 0 bridgehead atoms. The second-order valence-corrected chi connectivity index (χ2v) is 5.11. The van der Waals surface area contributed by atoms with Crippen LogP contribution in [-0.4, -0.2) is 13.2 Å². The highest BCUT2D eigenvalue weighted by molar-refractivity contribution is 5.41. The van der Waals surface area contributed by atoms with Crippen molar-refractivity contribution in [3.63, 3.8) is 0 Å². The molecule has 3 rings (SSSR count). The van der Waals surface area contributed by atoms with Crippen molar-refractivity contribution in [3.05, 3.63) is 29.3 Å². The second-order valence-electron chi connectivity index (χ2n) is 5.11. The predicted molar refractivity (Wildman–Crippen MR) is 64.8 cm³/mol. The van der Waals surface area contributed by atoms with Crippen LogP contribution >= 0.6 is 0 Å². The molecule has 1 aromatic rings. The van der Waals surface area contributed by atoms with E-state index in [9.17, 15) is 0 Å². The normalized spacial score (nSPS) is 28.6. The summed E-state index contributed by atoms with van der Waals surface area (Å²) in [5.41, 5.74) is 2.76. The molecular weight excluding hydrogens is 198 g/mol. The third-order valence-corrected chi connectivity index (χ3v) is 3.78. The largest absolute Gasteiger partial charge is 0.493 e. The molecule has 0 amide bonds. The minimum Gasteiger partial charge on any atom is -0.493 e. The van der Waals surface area contributed by atoms with Crippen molar-refractivity contribution >= 4 is 0 Å². The van der Waals surface area contributed by atoms with Crippen LogP contribution in [0.4, 0.5) is 0 Å². The number of hydrogen-bond donors (Lipinski definition) is 1. The lowest BCUT2D eigenvalue weighted by Gasteiger charge is -2.28. The van der Waals surface area contributed by atoms with Gasteiger partial charge in [-0.3, -0.25) is 0 Å². The number of fused-ring (bicyclic) bond motifs is 1. The van der Waals surface area contributed by atoms with Crippen molar-refractivity contribution < 1.29 is 4.74 Å². The van der Waals surface area contributed by atoms with E-state index < -0.39 is 0 Å². The second kappa shape index (κ2) is 4.10. The van der Waals surface area contributed by atoms with Gasteiger partial charge in [0.25, 0.3) is 0 Å². The molecule has 0 radical (unpaired) electrons. The molecule has 1 N–H and O–H groups in total. The molecule has 16 heavy (non-hydrogen) atoms. The standard InChI is InChI=1S/C14H19NO/c1-10-2-5-13(15-9-10)12-4-3-11-6-7-16-14(11)8-12/h3-4,8,10,13,15H,2,5-7,9H2,1H3/t10-,13+/m0/s1. The van der Waals surface area contributed by atoms with Gasteiger partial charge in [0.15, 0.2) is 0 Å². The summed E-state index contributed by atoms with van der Waals surface area (Å²) in [5, 5.41) is 3.62. The lowest BCUT2D eigenvalue weighted by molar-refractivity contribution is 0.330. The van der Waals surface area contributed by atoms with Crippen molar-refractivity contribution in [1.29, 1.82) is 0 Å². The van der Waals surface area contributed by atoms with Crippen molar-refractivity contribution in [2.24, 2.45) is 5.92 Å². The van der Waals surface area contributed by atoms with Gasteiger partial charge < -0.3 is 10.1 Å². The fourth-order valence-electron chi connectivity index (χ4n) is 2.68. The van der Waals surface area contributed by atoms with Crippen molar-refractivity contribution in [2.45, 2.75) is 32.2 Å². The molecular formula is C14H19NO. The molecule has 1 fully saturated rings. The Hall–Kier alpha value is -1.02. The minimum absolute atomic E-state index is 0.533. The number of piperidine rings is 1. The van der Waals surface area contributed by atoms with E-state index in [0.29, 0.717) is 6.04 Å². The fraction of sp³-hybridized carbons (Fsp3) is 0.571. The molecule has 2 atom stereocenters. The first-order chi connectivity index (χ1) is 7.83. The van der Waals surface area contributed by atoms with Crippen LogP contribution in [0.25, 0.3) is 0 Å². The average molecular weight is 217 g/mol. The van der Waals surface area contributed by atoms with Gasteiger partial charge in [-0.05, 0) is 42.5 Å². The molecule has 1 saturated heterocycles. The molecule has 2 aliphatic rings. The Labute approximate surface area is 97.0 Å². The lowest BCUT2D eigenvalue weighted by Crippen LogP contribution is -2.31. The summed E-state index contributed by atoms with van der Waals surface area (Å²) < 4.78 is 5.62. The Balaban J connectivity index is 1.79.